The molecule has 0 bridgehead atoms. The van der Waals surface area contributed by atoms with Crippen molar-refractivity contribution in [2.45, 2.75) is 64.8 Å². The maximum Gasteiger partial charge on any atom is 0.407 e. The van der Waals surface area contributed by atoms with Gasteiger partial charge in [0.1, 0.15) is 0 Å². The average molecular weight is 396 g/mol. The molecule has 0 radical (unpaired) electrons. The first kappa shape index (κ1) is 19.0. The van der Waals surface area contributed by atoms with Gasteiger partial charge in [0.2, 0.25) is 0 Å². The monoisotopic (exact) mass is 395 g/mol. The lowest BCUT2D eigenvalue weighted by molar-refractivity contribution is -0.0137. The number of nitrogens with one attached hydrogen (secondary N) is 1. The molecule has 0 saturated heterocycles. The fourth-order valence-electron chi connectivity index (χ4n) is 7.36. The topological polar surface area (TPSA) is 56.1 Å². The van der Waals surface area contributed by atoms with Crippen molar-refractivity contribution in [1.29, 1.82) is 0 Å². The molecule has 4 unspecified atom stereocenters. The molecule has 156 valence electrons. The summed E-state index contributed by atoms with van der Waals surface area (Å²) in [6.07, 6.45) is 18.8. The first-order valence-electron chi connectivity index (χ1n) is 11.2. The SMILES string of the molecule is COC(=O)NC1CC[C@@]2(C)C(=CCC3C2CC[C@]2(C)C(n4ccnc4)=CCC32)C1. The van der Waals surface area contributed by atoms with Gasteiger partial charge in [-0.05, 0) is 68.1 Å². The molecule has 1 heterocycles. The van der Waals surface area contributed by atoms with Gasteiger partial charge in [0.05, 0.1) is 13.4 Å². The number of rotatable bonds is 2. The standard InChI is InChI=1S/C24H33N3O2/c1-23-10-8-17(26-22(28)29-3)14-16(23)4-5-18-19-6-7-21(27-13-12-25-15-27)24(19,2)11-9-20(18)23/h4,7,12-13,15,17-20H,5-6,8-11,14H2,1-3H3,(H,26,28)/t17?,18?,19?,20?,23-,24-/m0/s1. The van der Waals surface area contributed by atoms with Gasteiger partial charge in [-0.1, -0.05) is 31.6 Å². The van der Waals surface area contributed by atoms with Crippen molar-refractivity contribution in [3.05, 3.63) is 36.4 Å². The van der Waals surface area contributed by atoms with E-state index in [0.717, 1.165) is 30.6 Å². The molecular formula is C24H33N3O2. The largest absolute Gasteiger partial charge is 0.453 e. The van der Waals surface area contributed by atoms with E-state index in [2.05, 4.69) is 47.1 Å². The molecule has 5 rings (SSSR count). The minimum Gasteiger partial charge on any atom is -0.453 e. The first-order valence-corrected chi connectivity index (χ1v) is 11.2. The molecule has 5 heteroatoms. The summed E-state index contributed by atoms with van der Waals surface area (Å²) in [5, 5.41) is 3.04. The lowest BCUT2D eigenvalue weighted by Crippen LogP contribution is -2.51. The average Bonchev–Trinajstić information content (AvgIpc) is 3.35. The van der Waals surface area contributed by atoms with E-state index in [0.29, 0.717) is 0 Å². The van der Waals surface area contributed by atoms with Crippen LogP contribution in [0.2, 0.25) is 0 Å². The number of amides is 1. The van der Waals surface area contributed by atoms with Crippen LogP contribution in [0.25, 0.3) is 5.70 Å². The number of carbonyl (C=O) groups is 1. The number of carbonyl (C=O) groups excluding carboxylic acids is 1. The van der Waals surface area contributed by atoms with Gasteiger partial charge in [0, 0.05) is 29.5 Å². The van der Waals surface area contributed by atoms with Crippen LogP contribution in [-0.2, 0) is 4.74 Å². The number of nitrogens with zero attached hydrogens (tertiary/aromatic N) is 2. The van der Waals surface area contributed by atoms with E-state index >= 15 is 0 Å². The van der Waals surface area contributed by atoms with Crippen LogP contribution >= 0.6 is 0 Å². The summed E-state index contributed by atoms with van der Waals surface area (Å²) in [6, 6.07) is 0.216. The Morgan fingerprint density at radius 2 is 2.00 bits per heavy atom. The second-order valence-corrected chi connectivity index (χ2v) is 10.1. The van der Waals surface area contributed by atoms with E-state index in [1.54, 1.807) is 5.57 Å². The van der Waals surface area contributed by atoms with Crippen molar-refractivity contribution >= 4 is 11.8 Å². The number of aromatic nitrogens is 2. The van der Waals surface area contributed by atoms with Gasteiger partial charge < -0.3 is 14.6 Å². The van der Waals surface area contributed by atoms with Crippen molar-refractivity contribution in [2.75, 3.05) is 7.11 Å². The third kappa shape index (κ3) is 2.80. The number of allylic oxidation sites excluding steroid dienone is 3. The summed E-state index contributed by atoms with van der Waals surface area (Å²) in [5.74, 6) is 2.24. The van der Waals surface area contributed by atoms with Crippen LogP contribution in [0.3, 0.4) is 0 Å². The molecule has 4 aliphatic rings. The highest BCUT2D eigenvalue weighted by atomic mass is 16.5. The van der Waals surface area contributed by atoms with E-state index in [4.69, 9.17) is 4.74 Å². The zero-order valence-corrected chi connectivity index (χ0v) is 17.9. The second kappa shape index (κ2) is 6.75. The maximum absolute atomic E-state index is 11.7. The molecular weight excluding hydrogens is 362 g/mol. The Labute approximate surface area is 173 Å². The minimum absolute atomic E-state index is 0.216. The van der Waals surface area contributed by atoms with Gasteiger partial charge in [-0.15, -0.1) is 0 Å². The number of methoxy groups -OCH3 is 1. The van der Waals surface area contributed by atoms with E-state index in [1.807, 2.05) is 12.5 Å². The van der Waals surface area contributed by atoms with E-state index in [1.165, 1.54) is 44.9 Å². The Morgan fingerprint density at radius 1 is 1.17 bits per heavy atom. The van der Waals surface area contributed by atoms with Crippen LogP contribution in [0, 0.1) is 28.6 Å². The molecule has 1 aromatic rings. The second-order valence-electron chi connectivity index (χ2n) is 10.1. The van der Waals surface area contributed by atoms with Gasteiger partial charge in [-0.25, -0.2) is 9.78 Å². The van der Waals surface area contributed by atoms with Crippen LogP contribution in [0.15, 0.2) is 36.4 Å². The molecule has 2 fully saturated rings. The predicted octanol–water partition coefficient (Wildman–Crippen LogP) is 5.02. The molecule has 6 atom stereocenters. The fourth-order valence-corrected chi connectivity index (χ4v) is 7.36. The summed E-state index contributed by atoms with van der Waals surface area (Å²) in [4.78, 5) is 16.0. The molecule has 0 spiro atoms. The zero-order valence-electron chi connectivity index (χ0n) is 17.9. The minimum atomic E-state index is -0.301. The lowest BCUT2D eigenvalue weighted by Gasteiger charge is -2.57. The number of alkyl carbamates (subject to hydrolysis) is 1. The van der Waals surface area contributed by atoms with Gasteiger partial charge in [-0.2, -0.15) is 0 Å². The highest BCUT2D eigenvalue weighted by molar-refractivity contribution is 5.67. The molecule has 1 aromatic heterocycles. The molecule has 29 heavy (non-hydrogen) atoms. The molecule has 4 aliphatic carbocycles. The van der Waals surface area contributed by atoms with Crippen molar-refractivity contribution in [3.63, 3.8) is 0 Å². The third-order valence-corrected chi connectivity index (χ3v) is 8.93. The lowest BCUT2D eigenvalue weighted by atomic mass is 9.47. The maximum atomic E-state index is 11.7. The van der Waals surface area contributed by atoms with E-state index in [9.17, 15) is 4.79 Å². The van der Waals surface area contributed by atoms with Gasteiger partial charge in [-0.3, -0.25) is 0 Å². The Morgan fingerprint density at radius 3 is 2.76 bits per heavy atom. The van der Waals surface area contributed by atoms with Crippen molar-refractivity contribution in [1.82, 2.24) is 14.9 Å². The van der Waals surface area contributed by atoms with Crippen molar-refractivity contribution in [2.24, 2.45) is 28.6 Å². The molecule has 5 nitrogen and oxygen atoms in total. The van der Waals surface area contributed by atoms with E-state index < -0.39 is 0 Å². The highest BCUT2D eigenvalue weighted by Gasteiger charge is 2.57. The summed E-state index contributed by atoms with van der Waals surface area (Å²) in [7, 11) is 1.44. The summed E-state index contributed by atoms with van der Waals surface area (Å²) in [6.45, 7) is 5.00. The van der Waals surface area contributed by atoms with E-state index in [-0.39, 0.29) is 23.0 Å². The number of fused-ring (bicyclic) bond motifs is 5. The van der Waals surface area contributed by atoms with Crippen molar-refractivity contribution < 1.29 is 9.53 Å². The van der Waals surface area contributed by atoms with Gasteiger partial charge >= 0.3 is 6.09 Å². The Hall–Kier alpha value is -2.04. The fraction of sp³-hybridized carbons (Fsp3) is 0.667. The number of imidazole rings is 1. The Kier molecular flexibility index (Phi) is 4.41. The quantitative estimate of drug-likeness (QED) is 0.715. The Balaban J connectivity index is 1.38. The summed E-state index contributed by atoms with van der Waals surface area (Å²) < 4.78 is 7.06. The third-order valence-electron chi connectivity index (χ3n) is 8.93. The molecule has 1 amide bonds. The molecule has 1 N–H and O–H groups in total. The first-order chi connectivity index (χ1) is 14.0. The van der Waals surface area contributed by atoms with Crippen LogP contribution in [0.4, 0.5) is 4.79 Å². The summed E-state index contributed by atoms with van der Waals surface area (Å²) >= 11 is 0. The number of ether oxygens (including phenoxy) is 1. The number of hydrogen-bond donors (Lipinski definition) is 1. The smallest absolute Gasteiger partial charge is 0.407 e. The van der Waals surface area contributed by atoms with Crippen LogP contribution < -0.4 is 5.32 Å². The molecule has 0 aromatic carbocycles. The van der Waals surface area contributed by atoms with Crippen molar-refractivity contribution in [3.8, 4) is 0 Å². The van der Waals surface area contributed by atoms with Crippen LogP contribution in [0.5, 0.6) is 0 Å². The zero-order chi connectivity index (χ0) is 20.2. The van der Waals surface area contributed by atoms with Crippen LogP contribution in [-0.4, -0.2) is 28.8 Å². The highest BCUT2D eigenvalue weighted by Crippen LogP contribution is 2.65. The molecule has 0 aliphatic heterocycles. The van der Waals surface area contributed by atoms with Crippen LogP contribution in [0.1, 0.15) is 58.8 Å². The summed E-state index contributed by atoms with van der Waals surface area (Å²) in [5.41, 5.74) is 3.59. The van der Waals surface area contributed by atoms with Gasteiger partial charge in [0.25, 0.3) is 0 Å². The number of hydrogen-bond acceptors (Lipinski definition) is 3. The predicted molar refractivity (Wildman–Crippen MR) is 113 cm³/mol. The van der Waals surface area contributed by atoms with Gasteiger partial charge in [0.15, 0.2) is 0 Å². The normalized spacial score (nSPS) is 40.8. The Bertz CT molecular complexity index is 857. The molecule has 2 saturated carbocycles.